The Labute approximate surface area is 175 Å². The summed E-state index contributed by atoms with van der Waals surface area (Å²) in [5.74, 6) is -0.159. The number of rotatable bonds is 5. The van der Waals surface area contributed by atoms with E-state index >= 15 is 0 Å². The lowest BCUT2D eigenvalue weighted by molar-refractivity contribution is -0.384. The van der Waals surface area contributed by atoms with Crippen molar-refractivity contribution in [3.05, 3.63) is 69.8 Å². The van der Waals surface area contributed by atoms with Crippen molar-refractivity contribution in [2.24, 2.45) is 0 Å². The van der Waals surface area contributed by atoms with Gasteiger partial charge in [0, 0.05) is 45.2 Å². The Kier molecular flexibility index (Phi) is 6.61. The number of hydrogen-bond acceptors (Lipinski definition) is 4. The fraction of sp³-hybridized carbons (Fsp3) is 0.304. The van der Waals surface area contributed by atoms with Crippen LogP contribution in [0.5, 0.6) is 0 Å². The van der Waals surface area contributed by atoms with Crippen LogP contribution in [0.3, 0.4) is 0 Å². The van der Waals surface area contributed by atoms with Crippen LogP contribution in [0, 0.1) is 10.1 Å². The Morgan fingerprint density at radius 2 is 1.70 bits per heavy atom. The van der Waals surface area contributed by atoms with Crippen LogP contribution in [0.2, 0.25) is 0 Å². The van der Waals surface area contributed by atoms with E-state index in [9.17, 15) is 19.7 Å². The molecule has 0 N–H and O–H groups in total. The Balaban J connectivity index is 1.91. The summed E-state index contributed by atoms with van der Waals surface area (Å²) >= 11 is 0. The van der Waals surface area contributed by atoms with Gasteiger partial charge in [-0.05, 0) is 29.2 Å². The van der Waals surface area contributed by atoms with E-state index in [2.05, 4.69) is 0 Å². The summed E-state index contributed by atoms with van der Waals surface area (Å²) in [4.78, 5) is 38.8. The molecule has 0 atom stereocenters. The fourth-order valence-electron chi connectivity index (χ4n) is 3.72. The summed E-state index contributed by atoms with van der Waals surface area (Å²) in [6.45, 7) is 5.51. The molecule has 2 aromatic rings. The van der Waals surface area contributed by atoms with Crippen LogP contribution >= 0.6 is 0 Å². The quantitative estimate of drug-likeness (QED) is 0.431. The van der Waals surface area contributed by atoms with Gasteiger partial charge in [-0.2, -0.15) is 0 Å². The molecule has 156 valence electrons. The third-order valence-electron chi connectivity index (χ3n) is 5.38. The summed E-state index contributed by atoms with van der Waals surface area (Å²) in [6.07, 6.45) is 3.85. The Hall–Kier alpha value is -3.48. The Morgan fingerprint density at radius 1 is 1.03 bits per heavy atom. The molecule has 7 nitrogen and oxygen atoms in total. The molecular formula is C23H25N3O4. The highest BCUT2D eigenvalue weighted by Crippen LogP contribution is 2.36. The summed E-state index contributed by atoms with van der Waals surface area (Å²) in [7, 11) is 0. The van der Waals surface area contributed by atoms with E-state index in [1.54, 1.807) is 28.0 Å². The predicted molar refractivity (Wildman–Crippen MR) is 116 cm³/mol. The lowest BCUT2D eigenvalue weighted by Gasteiger charge is -2.33. The van der Waals surface area contributed by atoms with E-state index in [1.807, 2.05) is 31.2 Å². The van der Waals surface area contributed by atoms with Crippen LogP contribution in [0.15, 0.2) is 48.5 Å². The van der Waals surface area contributed by atoms with Gasteiger partial charge in [-0.1, -0.05) is 43.3 Å². The SMILES string of the molecule is CCc1ccccc1-c1c(C=CC(=O)N2CCN(C(C)=O)CC2)cccc1[N+](=O)[O-]. The highest BCUT2D eigenvalue weighted by Gasteiger charge is 2.22. The lowest BCUT2D eigenvalue weighted by atomic mass is 9.92. The molecule has 0 unspecified atom stereocenters. The number of hydrogen-bond donors (Lipinski definition) is 0. The van der Waals surface area contributed by atoms with E-state index in [4.69, 9.17) is 0 Å². The number of nitro groups is 1. The number of carbonyl (C=O) groups is 2. The monoisotopic (exact) mass is 407 g/mol. The number of nitrogens with zero attached hydrogens (tertiary/aromatic N) is 3. The summed E-state index contributed by atoms with van der Waals surface area (Å²) in [6, 6.07) is 12.5. The van der Waals surface area contributed by atoms with Gasteiger partial charge in [-0.3, -0.25) is 19.7 Å². The molecule has 1 saturated heterocycles. The average molecular weight is 407 g/mol. The molecular weight excluding hydrogens is 382 g/mol. The molecule has 0 radical (unpaired) electrons. The zero-order valence-electron chi connectivity index (χ0n) is 17.2. The zero-order valence-corrected chi connectivity index (χ0v) is 17.2. The van der Waals surface area contributed by atoms with Gasteiger partial charge in [-0.25, -0.2) is 0 Å². The first-order valence-corrected chi connectivity index (χ1v) is 10.0. The molecule has 0 aliphatic carbocycles. The van der Waals surface area contributed by atoms with E-state index < -0.39 is 0 Å². The third-order valence-corrected chi connectivity index (χ3v) is 5.38. The fourth-order valence-corrected chi connectivity index (χ4v) is 3.72. The number of nitro benzene ring substituents is 1. The number of piperazine rings is 1. The molecule has 2 aromatic carbocycles. The topological polar surface area (TPSA) is 83.8 Å². The van der Waals surface area contributed by atoms with Crippen LogP contribution in [-0.2, 0) is 16.0 Å². The molecule has 0 bridgehead atoms. The second kappa shape index (κ2) is 9.35. The van der Waals surface area contributed by atoms with Gasteiger partial charge in [0.1, 0.15) is 0 Å². The first-order chi connectivity index (χ1) is 14.4. The molecule has 30 heavy (non-hydrogen) atoms. The minimum absolute atomic E-state index is 0.00784. The molecule has 7 heteroatoms. The summed E-state index contributed by atoms with van der Waals surface area (Å²) in [5.41, 5.74) is 2.97. The number of aryl methyl sites for hydroxylation is 1. The van der Waals surface area contributed by atoms with Crippen molar-refractivity contribution >= 4 is 23.6 Å². The van der Waals surface area contributed by atoms with Gasteiger partial charge >= 0.3 is 0 Å². The van der Waals surface area contributed by atoms with E-state index in [1.165, 1.54) is 19.1 Å². The van der Waals surface area contributed by atoms with Gasteiger partial charge < -0.3 is 9.80 Å². The molecule has 2 amide bonds. The highest BCUT2D eigenvalue weighted by molar-refractivity contribution is 5.94. The van der Waals surface area contributed by atoms with Crippen LogP contribution in [0.25, 0.3) is 17.2 Å². The first-order valence-electron chi connectivity index (χ1n) is 10.0. The minimum atomic E-state index is -0.387. The van der Waals surface area contributed by atoms with Gasteiger partial charge in [-0.15, -0.1) is 0 Å². The maximum absolute atomic E-state index is 12.6. The standard InChI is InChI=1S/C23H25N3O4/c1-3-18-7-4-5-9-20(18)23-19(8-6-10-21(23)26(29)30)11-12-22(28)25-15-13-24(14-16-25)17(2)27/h4-12H,3,13-16H2,1-2H3. The van der Waals surface area contributed by atoms with Crippen LogP contribution in [0.1, 0.15) is 25.0 Å². The van der Waals surface area contributed by atoms with Crippen molar-refractivity contribution in [2.75, 3.05) is 26.2 Å². The van der Waals surface area contributed by atoms with E-state index in [-0.39, 0.29) is 22.4 Å². The van der Waals surface area contributed by atoms with Gasteiger partial charge in [0.2, 0.25) is 11.8 Å². The van der Waals surface area contributed by atoms with Crippen LogP contribution in [-0.4, -0.2) is 52.7 Å². The largest absolute Gasteiger partial charge is 0.339 e. The molecule has 0 aromatic heterocycles. The molecule has 3 rings (SSSR count). The normalized spacial score (nSPS) is 14.2. The van der Waals surface area contributed by atoms with Crippen molar-refractivity contribution in [1.82, 2.24) is 9.80 Å². The molecule has 0 spiro atoms. The van der Waals surface area contributed by atoms with Gasteiger partial charge in [0.15, 0.2) is 0 Å². The maximum atomic E-state index is 12.6. The zero-order chi connectivity index (χ0) is 21.7. The summed E-state index contributed by atoms with van der Waals surface area (Å²) < 4.78 is 0. The second-order valence-electron chi connectivity index (χ2n) is 7.17. The Bertz CT molecular complexity index is 992. The van der Waals surface area contributed by atoms with Crippen molar-refractivity contribution in [3.8, 4) is 11.1 Å². The second-order valence-corrected chi connectivity index (χ2v) is 7.17. The average Bonchev–Trinajstić information content (AvgIpc) is 2.77. The smallest absolute Gasteiger partial charge is 0.277 e. The van der Waals surface area contributed by atoms with Crippen molar-refractivity contribution in [2.45, 2.75) is 20.3 Å². The lowest BCUT2D eigenvalue weighted by Crippen LogP contribution is -2.49. The molecule has 1 aliphatic heterocycles. The van der Waals surface area contributed by atoms with Crippen LogP contribution in [0.4, 0.5) is 5.69 Å². The van der Waals surface area contributed by atoms with Gasteiger partial charge in [0.25, 0.3) is 5.69 Å². The number of carbonyl (C=O) groups excluding carboxylic acids is 2. The van der Waals surface area contributed by atoms with Crippen molar-refractivity contribution < 1.29 is 14.5 Å². The van der Waals surface area contributed by atoms with Gasteiger partial charge in [0.05, 0.1) is 10.5 Å². The molecule has 0 saturated carbocycles. The van der Waals surface area contributed by atoms with E-state index in [0.717, 1.165) is 17.5 Å². The predicted octanol–water partition coefficient (Wildman–Crippen LogP) is 3.53. The molecule has 1 fully saturated rings. The third kappa shape index (κ3) is 4.56. The minimum Gasteiger partial charge on any atom is -0.339 e. The number of amides is 2. The van der Waals surface area contributed by atoms with Crippen molar-refractivity contribution in [3.63, 3.8) is 0 Å². The highest BCUT2D eigenvalue weighted by atomic mass is 16.6. The maximum Gasteiger partial charge on any atom is 0.277 e. The molecule has 1 aliphatic rings. The number of benzene rings is 2. The Morgan fingerprint density at radius 3 is 2.33 bits per heavy atom. The summed E-state index contributed by atoms with van der Waals surface area (Å²) in [5, 5.41) is 11.7. The van der Waals surface area contributed by atoms with Crippen LogP contribution < -0.4 is 0 Å². The van der Waals surface area contributed by atoms with E-state index in [0.29, 0.717) is 37.3 Å². The molecule has 1 heterocycles. The first kappa shape index (κ1) is 21.2. The van der Waals surface area contributed by atoms with Crippen molar-refractivity contribution in [1.29, 1.82) is 0 Å².